The normalized spacial score (nSPS) is 15.1. The van der Waals surface area contributed by atoms with Crippen molar-refractivity contribution in [2.75, 3.05) is 31.6 Å². The largest absolute Gasteiger partial charge is 0.379 e. The number of aryl methyl sites for hydroxylation is 3. The van der Waals surface area contributed by atoms with Crippen molar-refractivity contribution in [1.29, 1.82) is 0 Å². The van der Waals surface area contributed by atoms with E-state index in [0.29, 0.717) is 38.2 Å². The van der Waals surface area contributed by atoms with Gasteiger partial charge < -0.3 is 19.2 Å². The summed E-state index contributed by atoms with van der Waals surface area (Å²) in [6.45, 7) is 4.49. The summed E-state index contributed by atoms with van der Waals surface area (Å²) < 4.78 is 36.8. The van der Waals surface area contributed by atoms with Crippen molar-refractivity contribution in [2.24, 2.45) is 7.05 Å². The SMILES string of the molecule is CCn1ccc2cc(NC(=O)CCc3nc4cc(S(=O)(=O)N5CCOCC5)ccc4n3C)ccc21. The lowest BCUT2D eigenvalue weighted by molar-refractivity contribution is -0.116. The van der Waals surface area contributed by atoms with Crippen LogP contribution >= 0.6 is 0 Å². The zero-order valence-corrected chi connectivity index (χ0v) is 20.7. The molecule has 3 heterocycles. The van der Waals surface area contributed by atoms with Gasteiger partial charge in [-0.05, 0) is 49.4 Å². The van der Waals surface area contributed by atoms with Crippen molar-refractivity contribution in [1.82, 2.24) is 18.4 Å². The van der Waals surface area contributed by atoms with Gasteiger partial charge in [-0.15, -0.1) is 0 Å². The third-order valence-corrected chi connectivity index (χ3v) is 8.42. The van der Waals surface area contributed by atoms with Crippen LogP contribution in [0.4, 0.5) is 5.69 Å². The van der Waals surface area contributed by atoms with E-state index in [1.807, 2.05) is 42.1 Å². The number of hydrogen-bond donors (Lipinski definition) is 1. The lowest BCUT2D eigenvalue weighted by Crippen LogP contribution is -2.40. The summed E-state index contributed by atoms with van der Waals surface area (Å²) >= 11 is 0. The molecule has 2 aromatic heterocycles. The van der Waals surface area contributed by atoms with Crippen LogP contribution < -0.4 is 5.32 Å². The van der Waals surface area contributed by atoms with Crippen molar-refractivity contribution >= 4 is 43.6 Å². The third-order valence-electron chi connectivity index (χ3n) is 6.52. The number of nitrogens with one attached hydrogen (secondary N) is 1. The average Bonchev–Trinajstić information content (AvgIpc) is 3.43. The van der Waals surface area contributed by atoms with E-state index in [1.165, 1.54) is 4.31 Å². The molecule has 5 rings (SSSR count). The van der Waals surface area contributed by atoms with E-state index in [4.69, 9.17) is 4.74 Å². The van der Waals surface area contributed by atoms with Gasteiger partial charge in [0.2, 0.25) is 15.9 Å². The number of benzene rings is 2. The number of morpholine rings is 1. The average molecular weight is 496 g/mol. The van der Waals surface area contributed by atoms with E-state index < -0.39 is 10.0 Å². The highest BCUT2D eigenvalue weighted by Gasteiger charge is 2.27. The van der Waals surface area contributed by atoms with E-state index >= 15 is 0 Å². The van der Waals surface area contributed by atoms with Crippen LogP contribution in [0.1, 0.15) is 19.2 Å². The molecule has 0 atom stereocenters. The number of ether oxygens (including phenoxy) is 1. The summed E-state index contributed by atoms with van der Waals surface area (Å²) in [7, 11) is -1.71. The van der Waals surface area contributed by atoms with E-state index in [0.717, 1.165) is 34.5 Å². The maximum absolute atomic E-state index is 13.0. The Hall–Kier alpha value is -3.21. The molecule has 184 valence electrons. The molecular weight excluding hydrogens is 466 g/mol. The van der Waals surface area contributed by atoms with Gasteiger partial charge in [0, 0.05) is 62.3 Å². The molecule has 1 amide bonds. The number of anilines is 1. The molecule has 4 aromatic rings. The molecule has 0 unspecified atom stereocenters. The molecule has 0 saturated carbocycles. The number of carbonyl (C=O) groups excluding carboxylic acids is 1. The second-order valence-corrected chi connectivity index (χ2v) is 10.6. The van der Waals surface area contributed by atoms with Crippen LogP contribution in [0.2, 0.25) is 0 Å². The molecule has 0 spiro atoms. The first-order chi connectivity index (χ1) is 16.9. The molecule has 1 saturated heterocycles. The van der Waals surface area contributed by atoms with Crippen LogP contribution in [0.3, 0.4) is 0 Å². The van der Waals surface area contributed by atoms with Crippen LogP contribution in [0, 0.1) is 0 Å². The van der Waals surface area contributed by atoms with Crippen molar-refractivity contribution in [3.05, 3.63) is 54.5 Å². The molecule has 10 heteroatoms. The predicted molar refractivity (Wildman–Crippen MR) is 135 cm³/mol. The third kappa shape index (κ3) is 4.56. The van der Waals surface area contributed by atoms with Gasteiger partial charge in [0.05, 0.1) is 29.1 Å². The molecule has 1 N–H and O–H groups in total. The van der Waals surface area contributed by atoms with Gasteiger partial charge in [-0.25, -0.2) is 13.4 Å². The number of carbonyl (C=O) groups is 1. The first-order valence-electron chi connectivity index (χ1n) is 11.8. The number of imidazole rings is 1. The van der Waals surface area contributed by atoms with Crippen molar-refractivity contribution in [3.63, 3.8) is 0 Å². The van der Waals surface area contributed by atoms with Crippen molar-refractivity contribution < 1.29 is 17.9 Å². The second-order valence-electron chi connectivity index (χ2n) is 8.68. The number of aromatic nitrogens is 3. The number of rotatable bonds is 7. The molecule has 9 nitrogen and oxygen atoms in total. The fraction of sp³-hybridized carbons (Fsp3) is 0.360. The Morgan fingerprint density at radius 2 is 1.86 bits per heavy atom. The van der Waals surface area contributed by atoms with Crippen LogP contribution in [-0.2, 0) is 39.6 Å². The zero-order chi connectivity index (χ0) is 24.6. The quantitative estimate of drug-likeness (QED) is 0.425. The van der Waals surface area contributed by atoms with Crippen LogP contribution in [0.15, 0.2) is 53.6 Å². The summed E-state index contributed by atoms with van der Waals surface area (Å²) in [5.41, 5.74) is 3.33. The predicted octanol–water partition coefficient (Wildman–Crippen LogP) is 3.14. The van der Waals surface area contributed by atoms with E-state index in [9.17, 15) is 13.2 Å². The van der Waals surface area contributed by atoms with Crippen LogP contribution in [-0.4, -0.2) is 59.1 Å². The molecule has 0 radical (unpaired) electrons. The molecule has 35 heavy (non-hydrogen) atoms. The molecule has 0 bridgehead atoms. The Bertz CT molecular complexity index is 1500. The van der Waals surface area contributed by atoms with Gasteiger partial charge in [0.15, 0.2) is 0 Å². The lowest BCUT2D eigenvalue weighted by atomic mass is 10.2. The Labute approximate surface area is 204 Å². The molecule has 0 aliphatic carbocycles. The van der Waals surface area contributed by atoms with Gasteiger partial charge in [0.25, 0.3) is 0 Å². The van der Waals surface area contributed by atoms with E-state index in [-0.39, 0.29) is 17.2 Å². The summed E-state index contributed by atoms with van der Waals surface area (Å²) in [4.78, 5) is 17.5. The Morgan fingerprint density at radius 3 is 2.63 bits per heavy atom. The first kappa shape index (κ1) is 23.5. The van der Waals surface area contributed by atoms with Gasteiger partial charge in [-0.3, -0.25) is 4.79 Å². The monoisotopic (exact) mass is 495 g/mol. The van der Waals surface area contributed by atoms with E-state index in [2.05, 4.69) is 21.8 Å². The molecule has 2 aromatic carbocycles. The molecule has 1 aliphatic heterocycles. The Morgan fingerprint density at radius 1 is 1.09 bits per heavy atom. The smallest absolute Gasteiger partial charge is 0.243 e. The minimum atomic E-state index is -3.59. The van der Waals surface area contributed by atoms with Gasteiger partial charge >= 0.3 is 0 Å². The number of nitrogens with zero attached hydrogens (tertiary/aromatic N) is 4. The van der Waals surface area contributed by atoms with Crippen molar-refractivity contribution in [2.45, 2.75) is 31.2 Å². The number of hydrogen-bond acceptors (Lipinski definition) is 5. The summed E-state index contributed by atoms with van der Waals surface area (Å²) in [5, 5.41) is 4.06. The maximum Gasteiger partial charge on any atom is 0.243 e. The molecular formula is C25H29N5O4S. The summed E-state index contributed by atoms with van der Waals surface area (Å²) in [6, 6.07) is 13.0. The maximum atomic E-state index is 13.0. The standard InChI is InChI=1S/C25H29N5O4S/c1-3-29-11-10-18-16-19(4-6-22(18)29)26-25(31)9-8-24-27-21-17-20(5-7-23(21)28(24)2)35(32,33)30-12-14-34-15-13-30/h4-7,10-11,16-17H,3,8-9,12-15H2,1-2H3,(H,26,31). The fourth-order valence-corrected chi connectivity index (χ4v) is 5.98. The number of fused-ring (bicyclic) bond motifs is 2. The topological polar surface area (TPSA) is 98.5 Å². The van der Waals surface area contributed by atoms with Crippen molar-refractivity contribution in [3.8, 4) is 0 Å². The summed E-state index contributed by atoms with van der Waals surface area (Å²) in [6.07, 6.45) is 2.75. The molecule has 1 aliphatic rings. The van der Waals surface area contributed by atoms with Crippen LogP contribution in [0.5, 0.6) is 0 Å². The van der Waals surface area contributed by atoms with Gasteiger partial charge in [0.1, 0.15) is 5.82 Å². The Balaban J connectivity index is 1.28. The summed E-state index contributed by atoms with van der Waals surface area (Å²) in [5.74, 6) is 0.633. The molecule has 1 fully saturated rings. The highest BCUT2D eigenvalue weighted by molar-refractivity contribution is 7.89. The van der Waals surface area contributed by atoms with E-state index in [1.54, 1.807) is 18.2 Å². The second kappa shape index (κ2) is 9.44. The fourth-order valence-electron chi connectivity index (χ4n) is 4.55. The van der Waals surface area contributed by atoms with Gasteiger partial charge in [-0.2, -0.15) is 4.31 Å². The zero-order valence-electron chi connectivity index (χ0n) is 19.9. The minimum Gasteiger partial charge on any atom is -0.379 e. The highest BCUT2D eigenvalue weighted by Crippen LogP contribution is 2.24. The minimum absolute atomic E-state index is 0.0954. The Kier molecular flexibility index (Phi) is 6.35. The number of amides is 1. The highest BCUT2D eigenvalue weighted by atomic mass is 32.2. The van der Waals surface area contributed by atoms with Gasteiger partial charge in [-0.1, -0.05) is 0 Å². The lowest BCUT2D eigenvalue weighted by Gasteiger charge is -2.26. The first-order valence-corrected chi connectivity index (χ1v) is 13.2. The van der Waals surface area contributed by atoms with Crippen LogP contribution in [0.25, 0.3) is 21.9 Å². The number of sulfonamides is 1.